The predicted octanol–water partition coefficient (Wildman–Crippen LogP) is 2.74. The topological polar surface area (TPSA) is 15.3 Å². The number of halogens is 3. The molecule has 0 amide bonds. The van der Waals surface area contributed by atoms with E-state index in [0.29, 0.717) is 18.7 Å². The van der Waals surface area contributed by atoms with Gasteiger partial charge in [-0.1, -0.05) is 6.07 Å². The Morgan fingerprint density at radius 1 is 1.26 bits per heavy atom. The van der Waals surface area contributed by atoms with Crippen LogP contribution in [0.2, 0.25) is 0 Å². The van der Waals surface area contributed by atoms with Crippen LogP contribution in [0.4, 0.5) is 13.2 Å². The summed E-state index contributed by atoms with van der Waals surface area (Å²) in [5, 5.41) is 3.20. The first kappa shape index (κ1) is 14.3. The van der Waals surface area contributed by atoms with Crippen molar-refractivity contribution < 1.29 is 13.2 Å². The smallest absolute Gasteiger partial charge is 0.240 e. The van der Waals surface area contributed by atoms with Crippen molar-refractivity contribution >= 4 is 0 Å². The van der Waals surface area contributed by atoms with Gasteiger partial charge in [-0.15, -0.1) is 0 Å². The zero-order chi connectivity index (χ0) is 13.8. The Morgan fingerprint density at radius 2 is 1.95 bits per heavy atom. The molecule has 1 aromatic carbocycles. The third kappa shape index (κ3) is 3.70. The summed E-state index contributed by atoms with van der Waals surface area (Å²) in [5.41, 5.74) is 1.55. The van der Waals surface area contributed by atoms with E-state index < -0.39 is 12.5 Å². The first-order valence-electron chi connectivity index (χ1n) is 6.57. The van der Waals surface area contributed by atoms with Gasteiger partial charge in [0.15, 0.2) is 0 Å². The average Bonchev–Trinajstić information content (AvgIpc) is 2.40. The maximum Gasteiger partial charge on any atom is 0.240 e. The van der Waals surface area contributed by atoms with Gasteiger partial charge in [-0.25, -0.2) is 13.2 Å². The molecule has 19 heavy (non-hydrogen) atoms. The van der Waals surface area contributed by atoms with Crippen molar-refractivity contribution in [2.45, 2.75) is 25.8 Å². The van der Waals surface area contributed by atoms with E-state index in [4.69, 9.17) is 0 Å². The van der Waals surface area contributed by atoms with Gasteiger partial charge in [-0.3, -0.25) is 4.90 Å². The second-order valence-electron chi connectivity index (χ2n) is 4.93. The number of rotatable bonds is 4. The number of alkyl halides is 2. The van der Waals surface area contributed by atoms with E-state index in [9.17, 15) is 13.2 Å². The lowest BCUT2D eigenvalue weighted by Gasteiger charge is -2.35. The first-order valence-corrected chi connectivity index (χ1v) is 6.57. The van der Waals surface area contributed by atoms with Crippen LogP contribution in [-0.4, -0.2) is 37.5 Å². The maximum atomic E-state index is 13.4. The lowest BCUT2D eigenvalue weighted by molar-refractivity contribution is 0.0735. The summed E-state index contributed by atoms with van der Waals surface area (Å²) in [7, 11) is 0. The van der Waals surface area contributed by atoms with Crippen LogP contribution >= 0.6 is 0 Å². The Hall–Kier alpha value is -1.07. The van der Waals surface area contributed by atoms with Crippen LogP contribution in [0.1, 0.15) is 23.6 Å². The Morgan fingerprint density at radius 3 is 2.58 bits per heavy atom. The second-order valence-corrected chi connectivity index (χ2v) is 4.93. The van der Waals surface area contributed by atoms with Crippen molar-refractivity contribution in [2.24, 2.45) is 0 Å². The minimum atomic E-state index is -2.39. The van der Waals surface area contributed by atoms with Gasteiger partial charge in [0.05, 0.1) is 0 Å². The van der Waals surface area contributed by atoms with Gasteiger partial charge in [0.25, 0.3) is 0 Å². The van der Waals surface area contributed by atoms with E-state index in [-0.39, 0.29) is 12.2 Å². The molecule has 106 valence electrons. The Kier molecular flexibility index (Phi) is 4.82. The number of aryl methyl sites for hydroxylation is 1. The van der Waals surface area contributed by atoms with Crippen molar-refractivity contribution in [3.8, 4) is 0 Å². The number of hydrogen-bond acceptors (Lipinski definition) is 2. The van der Waals surface area contributed by atoms with Crippen LogP contribution in [0.3, 0.4) is 0 Å². The summed E-state index contributed by atoms with van der Waals surface area (Å²) >= 11 is 0. The van der Waals surface area contributed by atoms with E-state index in [1.54, 1.807) is 6.07 Å². The molecule has 1 aliphatic rings. The average molecular weight is 272 g/mol. The molecule has 2 nitrogen and oxygen atoms in total. The summed E-state index contributed by atoms with van der Waals surface area (Å²) in [6.07, 6.45) is -2.63. The molecule has 1 fully saturated rings. The minimum absolute atomic E-state index is 0.246. The summed E-state index contributed by atoms with van der Waals surface area (Å²) in [6, 6.07) is 4.02. The van der Waals surface area contributed by atoms with Gasteiger partial charge < -0.3 is 5.32 Å². The number of nitrogens with zero attached hydrogens (tertiary/aromatic N) is 1. The monoisotopic (exact) mass is 272 g/mol. The lowest BCUT2D eigenvalue weighted by atomic mass is 9.96. The molecule has 1 aliphatic heterocycles. The van der Waals surface area contributed by atoms with Crippen molar-refractivity contribution in [1.29, 1.82) is 0 Å². The van der Waals surface area contributed by atoms with Gasteiger partial charge in [0.1, 0.15) is 5.82 Å². The Labute approximate surface area is 111 Å². The first-order chi connectivity index (χ1) is 9.08. The maximum absolute atomic E-state index is 13.4. The molecule has 0 aromatic heterocycles. The fourth-order valence-electron chi connectivity index (χ4n) is 2.61. The molecule has 1 aromatic rings. The third-order valence-electron chi connectivity index (χ3n) is 3.59. The molecular formula is C14H19F3N2. The van der Waals surface area contributed by atoms with E-state index in [1.165, 1.54) is 12.1 Å². The fraction of sp³-hybridized carbons (Fsp3) is 0.571. The van der Waals surface area contributed by atoms with Gasteiger partial charge in [-0.05, 0) is 30.2 Å². The number of benzene rings is 1. The highest BCUT2D eigenvalue weighted by Crippen LogP contribution is 2.30. The highest BCUT2D eigenvalue weighted by atomic mass is 19.3. The Balaban J connectivity index is 2.27. The third-order valence-corrected chi connectivity index (χ3v) is 3.59. The molecule has 2 rings (SSSR count). The SMILES string of the molecule is Cc1ccc(F)cc1[C@@H](CC(F)F)N1CCNCC1. The molecule has 5 heteroatoms. The number of nitrogens with one attached hydrogen (secondary N) is 1. The van der Waals surface area contributed by atoms with Crippen molar-refractivity contribution in [3.63, 3.8) is 0 Å². The van der Waals surface area contributed by atoms with Crippen molar-refractivity contribution in [3.05, 3.63) is 35.1 Å². The van der Waals surface area contributed by atoms with Crippen LogP contribution in [-0.2, 0) is 0 Å². The quantitative estimate of drug-likeness (QED) is 0.906. The van der Waals surface area contributed by atoms with E-state index in [2.05, 4.69) is 5.32 Å². The van der Waals surface area contributed by atoms with Gasteiger partial charge in [0.2, 0.25) is 6.43 Å². The van der Waals surface area contributed by atoms with Crippen LogP contribution in [0.25, 0.3) is 0 Å². The summed E-state index contributed by atoms with van der Waals surface area (Å²) in [5.74, 6) is -0.366. The molecule has 1 N–H and O–H groups in total. The largest absolute Gasteiger partial charge is 0.314 e. The van der Waals surface area contributed by atoms with Gasteiger partial charge in [-0.2, -0.15) is 0 Å². The summed E-state index contributed by atoms with van der Waals surface area (Å²) < 4.78 is 39.0. The van der Waals surface area contributed by atoms with Crippen LogP contribution < -0.4 is 5.32 Å². The van der Waals surface area contributed by atoms with E-state index in [0.717, 1.165) is 18.7 Å². The number of piperazine rings is 1. The molecule has 0 unspecified atom stereocenters. The van der Waals surface area contributed by atoms with Crippen molar-refractivity contribution in [1.82, 2.24) is 10.2 Å². The van der Waals surface area contributed by atoms with Crippen LogP contribution in [0.5, 0.6) is 0 Å². The van der Waals surface area contributed by atoms with Crippen molar-refractivity contribution in [2.75, 3.05) is 26.2 Å². The van der Waals surface area contributed by atoms with Crippen LogP contribution in [0.15, 0.2) is 18.2 Å². The number of hydrogen-bond donors (Lipinski definition) is 1. The normalized spacial score (nSPS) is 18.8. The standard InChI is InChI=1S/C14H19F3N2/c1-10-2-3-11(15)8-12(10)13(9-14(16)17)19-6-4-18-5-7-19/h2-3,8,13-14,18H,4-7,9H2,1H3/t13-/m1/s1. The molecule has 0 spiro atoms. The molecule has 0 saturated carbocycles. The summed E-state index contributed by atoms with van der Waals surface area (Å²) in [6.45, 7) is 4.85. The zero-order valence-corrected chi connectivity index (χ0v) is 11.0. The van der Waals surface area contributed by atoms with Gasteiger partial charge >= 0.3 is 0 Å². The van der Waals surface area contributed by atoms with E-state index in [1.807, 2.05) is 11.8 Å². The zero-order valence-electron chi connectivity index (χ0n) is 11.0. The van der Waals surface area contributed by atoms with Gasteiger partial charge in [0, 0.05) is 38.6 Å². The van der Waals surface area contributed by atoms with E-state index >= 15 is 0 Å². The molecule has 1 atom stereocenters. The highest BCUT2D eigenvalue weighted by Gasteiger charge is 2.26. The summed E-state index contributed by atoms with van der Waals surface area (Å²) in [4.78, 5) is 2.02. The fourth-order valence-corrected chi connectivity index (χ4v) is 2.61. The molecule has 0 aliphatic carbocycles. The molecule has 1 saturated heterocycles. The molecule has 0 radical (unpaired) electrons. The minimum Gasteiger partial charge on any atom is -0.314 e. The lowest BCUT2D eigenvalue weighted by Crippen LogP contribution is -2.45. The van der Waals surface area contributed by atoms with Crippen LogP contribution in [0, 0.1) is 12.7 Å². The second kappa shape index (κ2) is 6.39. The molecular weight excluding hydrogens is 253 g/mol. The predicted molar refractivity (Wildman–Crippen MR) is 68.9 cm³/mol. The highest BCUT2D eigenvalue weighted by molar-refractivity contribution is 5.30. The molecule has 1 heterocycles. The molecule has 0 bridgehead atoms. The Bertz CT molecular complexity index is 417.